The van der Waals surface area contributed by atoms with Crippen molar-refractivity contribution >= 4 is 0 Å². The van der Waals surface area contributed by atoms with Gasteiger partial charge in [0.25, 0.3) is 0 Å². The van der Waals surface area contributed by atoms with Gasteiger partial charge in [0, 0.05) is 26.9 Å². The third-order valence-electron chi connectivity index (χ3n) is 3.47. The minimum atomic E-state index is 0.514. The molecule has 0 amide bonds. The Balaban J connectivity index is 1.90. The molecule has 0 aliphatic heterocycles. The highest BCUT2D eigenvalue weighted by molar-refractivity contribution is 4.77. The maximum Gasteiger partial charge on any atom is 0.0572 e. The summed E-state index contributed by atoms with van der Waals surface area (Å²) in [6.45, 7) is 2.06. The zero-order chi connectivity index (χ0) is 11.6. The molecule has 0 aromatic heterocycles. The van der Waals surface area contributed by atoms with E-state index in [1.807, 2.05) is 7.11 Å². The summed E-state index contributed by atoms with van der Waals surface area (Å²) in [5.74, 6) is 0. The summed E-state index contributed by atoms with van der Waals surface area (Å²) in [5, 5.41) is 3.65. The van der Waals surface area contributed by atoms with Gasteiger partial charge in [-0.25, -0.2) is 0 Å². The molecule has 1 aliphatic rings. The van der Waals surface area contributed by atoms with Gasteiger partial charge >= 0.3 is 0 Å². The monoisotopic (exact) mass is 229 g/mol. The minimum absolute atomic E-state index is 0.514. The molecule has 1 saturated carbocycles. The zero-order valence-electron chi connectivity index (χ0n) is 10.8. The second-order valence-corrected chi connectivity index (χ2v) is 4.72. The lowest BCUT2D eigenvalue weighted by atomic mass is 9.93. The molecular formula is C13H27NO2. The van der Waals surface area contributed by atoms with E-state index in [9.17, 15) is 0 Å². The van der Waals surface area contributed by atoms with Gasteiger partial charge in [0.2, 0.25) is 0 Å². The van der Waals surface area contributed by atoms with Crippen LogP contribution in [0.3, 0.4) is 0 Å². The molecule has 16 heavy (non-hydrogen) atoms. The molecule has 0 bridgehead atoms. The number of hydrogen-bond donors (Lipinski definition) is 1. The fraction of sp³-hybridized carbons (Fsp3) is 1.00. The van der Waals surface area contributed by atoms with Crippen LogP contribution in [0.15, 0.2) is 0 Å². The smallest absolute Gasteiger partial charge is 0.0572 e. The fourth-order valence-electron chi connectivity index (χ4n) is 2.36. The van der Waals surface area contributed by atoms with Crippen molar-refractivity contribution in [2.75, 3.05) is 27.4 Å². The van der Waals surface area contributed by atoms with Crippen molar-refractivity contribution in [3.05, 3.63) is 0 Å². The van der Waals surface area contributed by atoms with E-state index >= 15 is 0 Å². The Morgan fingerprint density at radius 2 is 1.75 bits per heavy atom. The van der Waals surface area contributed by atoms with Crippen LogP contribution in [0.25, 0.3) is 0 Å². The van der Waals surface area contributed by atoms with Crippen molar-refractivity contribution in [1.82, 2.24) is 5.32 Å². The van der Waals surface area contributed by atoms with Gasteiger partial charge in [-0.15, -0.1) is 0 Å². The van der Waals surface area contributed by atoms with Gasteiger partial charge in [-0.1, -0.05) is 0 Å². The fourth-order valence-corrected chi connectivity index (χ4v) is 2.36. The molecular weight excluding hydrogens is 202 g/mol. The van der Waals surface area contributed by atoms with E-state index < -0.39 is 0 Å². The van der Waals surface area contributed by atoms with Crippen LogP contribution in [0.5, 0.6) is 0 Å². The van der Waals surface area contributed by atoms with Crippen LogP contribution < -0.4 is 5.32 Å². The summed E-state index contributed by atoms with van der Waals surface area (Å²) >= 11 is 0. The second kappa shape index (κ2) is 8.97. The zero-order valence-corrected chi connectivity index (χ0v) is 10.8. The molecule has 0 spiro atoms. The molecule has 0 aromatic carbocycles. The minimum Gasteiger partial charge on any atom is -0.385 e. The Labute approximate surface area is 99.9 Å². The Kier molecular flexibility index (Phi) is 7.81. The molecule has 96 valence electrons. The molecule has 3 heteroatoms. The molecule has 0 atom stereocenters. The number of methoxy groups -OCH3 is 2. The predicted octanol–water partition coefficient (Wildman–Crippen LogP) is 2.35. The molecule has 3 nitrogen and oxygen atoms in total. The highest BCUT2D eigenvalue weighted by Gasteiger charge is 2.19. The molecule has 1 N–H and O–H groups in total. The van der Waals surface area contributed by atoms with Crippen molar-refractivity contribution in [3.63, 3.8) is 0 Å². The number of ether oxygens (including phenoxy) is 2. The van der Waals surface area contributed by atoms with Crippen molar-refractivity contribution in [2.24, 2.45) is 0 Å². The Morgan fingerprint density at radius 3 is 2.38 bits per heavy atom. The van der Waals surface area contributed by atoms with Gasteiger partial charge in [0.15, 0.2) is 0 Å². The van der Waals surface area contributed by atoms with Crippen LogP contribution in [0, 0.1) is 0 Å². The maximum atomic E-state index is 5.37. The van der Waals surface area contributed by atoms with E-state index in [4.69, 9.17) is 9.47 Å². The largest absolute Gasteiger partial charge is 0.385 e. The van der Waals surface area contributed by atoms with Crippen LogP contribution >= 0.6 is 0 Å². The van der Waals surface area contributed by atoms with E-state index in [0.717, 1.165) is 19.2 Å². The van der Waals surface area contributed by atoms with Crippen molar-refractivity contribution in [1.29, 1.82) is 0 Å². The van der Waals surface area contributed by atoms with Gasteiger partial charge < -0.3 is 14.8 Å². The van der Waals surface area contributed by atoms with Crippen molar-refractivity contribution in [3.8, 4) is 0 Å². The average molecular weight is 229 g/mol. The van der Waals surface area contributed by atoms with Gasteiger partial charge in [-0.05, 0) is 51.5 Å². The van der Waals surface area contributed by atoms with Gasteiger partial charge in [-0.3, -0.25) is 0 Å². The molecule has 0 radical (unpaired) electrons. The van der Waals surface area contributed by atoms with Crippen molar-refractivity contribution in [2.45, 2.75) is 57.1 Å². The molecule has 0 unspecified atom stereocenters. The molecule has 0 heterocycles. The second-order valence-electron chi connectivity index (χ2n) is 4.72. The highest BCUT2D eigenvalue weighted by atomic mass is 16.5. The quantitative estimate of drug-likeness (QED) is 0.648. The standard InChI is InChI=1S/C13H27NO2/c1-15-11-5-3-4-10-14-12-6-8-13(16-2)9-7-12/h12-14H,3-11H2,1-2H3. The van der Waals surface area contributed by atoms with Crippen LogP contribution in [0.1, 0.15) is 44.9 Å². The van der Waals surface area contributed by atoms with E-state index in [-0.39, 0.29) is 0 Å². The SMILES string of the molecule is COCCCCCNC1CCC(OC)CC1. The van der Waals surface area contributed by atoms with Crippen LogP contribution in [0.4, 0.5) is 0 Å². The van der Waals surface area contributed by atoms with Gasteiger partial charge in [0.1, 0.15) is 0 Å². The lowest BCUT2D eigenvalue weighted by Crippen LogP contribution is -2.35. The summed E-state index contributed by atoms with van der Waals surface area (Å²) in [6, 6.07) is 0.730. The van der Waals surface area contributed by atoms with E-state index in [1.165, 1.54) is 44.9 Å². The Bertz CT molecular complexity index is 156. The summed E-state index contributed by atoms with van der Waals surface area (Å²) < 4.78 is 10.4. The summed E-state index contributed by atoms with van der Waals surface area (Å²) in [6.07, 6.45) is 9.24. The summed E-state index contributed by atoms with van der Waals surface area (Å²) in [5.41, 5.74) is 0. The number of rotatable bonds is 8. The third kappa shape index (κ3) is 5.83. The van der Waals surface area contributed by atoms with Gasteiger partial charge in [-0.2, -0.15) is 0 Å². The first-order chi connectivity index (χ1) is 7.86. The van der Waals surface area contributed by atoms with E-state index in [0.29, 0.717) is 6.10 Å². The van der Waals surface area contributed by atoms with Crippen LogP contribution in [-0.4, -0.2) is 39.5 Å². The predicted molar refractivity (Wildman–Crippen MR) is 66.8 cm³/mol. The average Bonchev–Trinajstić information content (AvgIpc) is 2.34. The Morgan fingerprint density at radius 1 is 1.00 bits per heavy atom. The third-order valence-corrected chi connectivity index (χ3v) is 3.47. The van der Waals surface area contributed by atoms with E-state index in [2.05, 4.69) is 5.32 Å². The number of hydrogen-bond acceptors (Lipinski definition) is 3. The summed E-state index contributed by atoms with van der Waals surface area (Å²) in [4.78, 5) is 0. The van der Waals surface area contributed by atoms with Crippen molar-refractivity contribution < 1.29 is 9.47 Å². The molecule has 1 rings (SSSR count). The highest BCUT2D eigenvalue weighted by Crippen LogP contribution is 2.20. The lowest BCUT2D eigenvalue weighted by molar-refractivity contribution is 0.0625. The first kappa shape index (κ1) is 13.9. The van der Waals surface area contributed by atoms with Gasteiger partial charge in [0.05, 0.1) is 6.10 Å². The lowest BCUT2D eigenvalue weighted by Gasteiger charge is -2.28. The Hall–Kier alpha value is -0.120. The molecule has 1 fully saturated rings. The normalized spacial score (nSPS) is 25.9. The first-order valence-corrected chi connectivity index (χ1v) is 6.62. The van der Waals surface area contributed by atoms with Crippen LogP contribution in [-0.2, 0) is 9.47 Å². The molecule has 0 saturated heterocycles. The van der Waals surface area contributed by atoms with E-state index in [1.54, 1.807) is 7.11 Å². The number of unbranched alkanes of at least 4 members (excludes halogenated alkanes) is 2. The number of nitrogens with one attached hydrogen (secondary N) is 1. The maximum absolute atomic E-state index is 5.37. The topological polar surface area (TPSA) is 30.5 Å². The van der Waals surface area contributed by atoms with Crippen LogP contribution in [0.2, 0.25) is 0 Å². The molecule has 1 aliphatic carbocycles. The first-order valence-electron chi connectivity index (χ1n) is 6.62. The molecule has 0 aromatic rings. The summed E-state index contributed by atoms with van der Waals surface area (Å²) in [7, 11) is 3.60.